The minimum atomic E-state index is -0.378. The third-order valence-corrected chi connectivity index (χ3v) is 6.11. The monoisotopic (exact) mass is 352 g/mol. The molecule has 1 atom stereocenters. The van der Waals surface area contributed by atoms with Gasteiger partial charge in [0.05, 0.1) is 0 Å². The highest BCUT2D eigenvalue weighted by molar-refractivity contribution is 7.11. The smallest absolute Gasteiger partial charge is 0.147 e. The van der Waals surface area contributed by atoms with Crippen LogP contribution in [0.5, 0.6) is 0 Å². The number of hydrogen-bond donors (Lipinski definition) is 1. The first-order valence-corrected chi connectivity index (χ1v) is 9.69. The second-order valence-corrected chi connectivity index (χ2v) is 7.62. The van der Waals surface area contributed by atoms with Gasteiger partial charge < -0.3 is 9.82 Å². The first-order valence-electron chi connectivity index (χ1n) is 8.81. The van der Waals surface area contributed by atoms with Crippen molar-refractivity contribution in [1.82, 2.24) is 14.9 Å². The van der Waals surface area contributed by atoms with Gasteiger partial charge in [0, 0.05) is 22.8 Å². The van der Waals surface area contributed by atoms with Crippen LogP contribution in [0.2, 0.25) is 0 Å². The minimum Gasteiger partial charge on any atom is -0.393 e. The molecule has 5 rings (SSSR count). The highest BCUT2D eigenvalue weighted by Gasteiger charge is 2.51. The Labute approximate surface area is 150 Å². The molecule has 0 bridgehead atoms. The Kier molecular flexibility index (Phi) is 3.60. The molecule has 0 saturated carbocycles. The average molecular weight is 352 g/mol. The van der Waals surface area contributed by atoms with Crippen LogP contribution in [0.3, 0.4) is 0 Å². The highest BCUT2D eigenvalue weighted by Crippen LogP contribution is 2.40. The summed E-state index contributed by atoms with van der Waals surface area (Å²) >= 11 is 1.63. The zero-order valence-electron chi connectivity index (χ0n) is 13.9. The summed E-state index contributed by atoms with van der Waals surface area (Å²) in [6.07, 6.45) is 5.57. The molecule has 5 nitrogen and oxygen atoms in total. The van der Waals surface area contributed by atoms with E-state index < -0.39 is 0 Å². The average Bonchev–Trinajstić information content (AvgIpc) is 3.40. The number of aromatic nitrogens is 2. The van der Waals surface area contributed by atoms with Gasteiger partial charge in [-0.2, -0.15) is 0 Å². The molecular weight excluding hydrogens is 332 g/mol. The van der Waals surface area contributed by atoms with Crippen molar-refractivity contribution in [2.24, 2.45) is 5.16 Å². The van der Waals surface area contributed by atoms with E-state index in [-0.39, 0.29) is 5.54 Å². The Morgan fingerprint density at radius 3 is 2.84 bits per heavy atom. The molecule has 2 aromatic heterocycles. The molecule has 2 aliphatic heterocycles. The van der Waals surface area contributed by atoms with Crippen molar-refractivity contribution in [3.8, 4) is 0 Å². The molecule has 0 aliphatic carbocycles. The van der Waals surface area contributed by atoms with Crippen LogP contribution < -0.4 is 0 Å². The van der Waals surface area contributed by atoms with Crippen molar-refractivity contribution in [3.63, 3.8) is 0 Å². The fraction of sp³-hybridized carbons (Fsp3) is 0.368. The number of fused-ring (bicyclic) bond motifs is 1. The van der Waals surface area contributed by atoms with Gasteiger partial charge in [0.25, 0.3) is 0 Å². The number of nitrogens with one attached hydrogen (secondary N) is 1. The van der Waals surface area contributed by atoms with Crippen LogP contribution in [0.15, 0.2) is 47.1 Å². The van der Waals surface area contributed by atoms with Crippen molar-refractivity contribution in [1.29, 1.82) is 0 Å². The van der Waals surface area contributed by atoms with Crippen LogP contribution in [0.1, 0.15) is 30.0 Å². The maximum atomic E-state index is 5.69. The van der Waals surface area contributed by atoms with Gasteiger partial charge in [-0.3, -0.25) is 4.90 Å². The number of piperidine rings is 1. The van der Waals surface area contributed by atoms with Gasteiger partial charge in [0.2, 0.25) is 0 Å². The third kappa shape index (κ3) is 2.32. The van der Waals surface area contributed by atoms with Gasteiger partial charge in [0.15, 0.2) is 0 Å². The molecule has 3 aromatic rings. The molecule has 0 spiro atoms. The van der Waals surface area contributed by atoms with Crippen LogP contribution >= 0.6 is 11.3 Å². The van der Waals surface area contributed by atoms with Gasteiger partial charge in [-0.1, -0.05) is 29.8 Å². The number of hydrogen-bond acceptors (Lipinski definition) is 5. The van der Waals surface area contributed by atoms with E-state index in [9.17, 15) is 0 Å². The van der Waals surface area contributed by atoms with Crippen LogP contribution in [-0.4, -0.2) is 40.3 Å². The number of para-hydroxylation sites is 1. The SMILES string of the molecule is c1ccc2[nH]c(C3(N4CCCCC4)CON=C3c3nccs3)cc2c1. The summed E-state index contributed by atoms with van der Waals surface area (Å²) in [5.41, 5.74) is 2.87. The van der Waals surface area contributed by atoms with Crippen LogP contribution in [-0.2, 0) is 10.4 Å². The molecule has 1 saturated heterocycles. The zero-order valence-corrected chi connectivity index (χ0v) is 14.8. The van der Waals surface area contributed by atoms with E-state index in [4.69, 9.17) is 4.84 Å². The van der Waals surface area contributed by atoms with Crippen LogP contribution in [0.25, 0.3) is 10.9 Å². The maximum Gasteiger partial charge on any atom is 0.147 e. The topological polar surface area (TPSA) is 53.5 Å². The number of aromatic amines is 1. The van der Waals surface area contributed by atoms with E-state index in [2.05, 4.69) is 50.4 Å². The Morgan fingerprint density at radius 1 is 1.16 bits per heavy atom. The molecule has 25 heavy (non-hydrogen) atoms. The van der Waals surface area contributed by atoms with Crippen molar-refractivity contribution in [3.05, 3.63) is 52.6 Å². The summed E-state index contributed by atoms with van der Waals surface area (Å²) in [6, 6.07) is 10.7. The fourth-order valence-corrected chi connectivity index (χ4v) is 4.77. The van der Waals surface area contributed by atoms with E-state index in [1.165, 1.54) is 24.6 Å². The zero-order chi connectivity index (χ0) is 16.7. The number of H-pyrrole nitrogens is 1. The maximum absolute atomic E-state index is 5.69. The molecule has 1 aromatic carbocycles. The third-order valence-electron chi connectivity index (χ3n) is 5.33. The summed E-state index contributed by atoms with van der Waals surface area (Å²) in [6.45, 7) is 2.65. The lowest BCUT2D eigenvalue weighted by molar-refractivity contribution is 0.0476. The van der Waals surface area contributed by atoms with E-state index in [0.717, 1.165) is 35.0 Å². The van der Waals surface area contributed by atoms with Gasteiger partial charge >= 0.3 is 0 Å². The lowest BCUT2D eigenvalue weighted by Crippen LogP contribution is -2.54. The van der Waals surface area contributed by atoms with Gasteiger partial charge in [-0.15, -0.1) is 11.3 Å². The lowest BCUT2D eigenvalue weighted by atomic mass is 9.86. The molecule has 4 heterocycles. The molecular formula is C19H20N4OS. The highest BCUT2D eigenvalue weighted by atomic mass is 32.1. The van der Waals surface area contributed by atoms with Crippen LogP contribution in [0.4, 0.5) is 0 Å². The lowest BCUT2D eigenvalue weighted by Gasteiger charge is -2.41. The Balaban J connectivity index is 1.69. The quantitative estimate of drug-likeness (QED) is 0.781. The van der Waals surface area contributed by atoms with Crippen molar-refractivity contribution < 1.29 is 4.84 Å². The van der Waals surface area contributed by atoms with Crippen molar-refractivity contribution in [2.75, 3.05) is 19.7 Å². The Hall–Kier alpha value is -2.18. The summed E-state index contributed by atoms with van der Waals surface area (Å²) in [4.78, 5) is 16.4. The summed E-state index contributed by atoms with van der Waals surface area (Å²) in [7, 11) is 0. The van der Waals surface area contributed by atoms with Gasteiger partial charge in [-0.25, -0.2) is 4.98 Å². The summed E-state index contributed by atoms with van der Waals surface area (Å²) in [5, 5.41) is 8.63. The summed E-state index contributed by atoms with van der Waals surface area (Å²) in [5.74, 6) is 0. The van der Waals surface area contributed by atoms with Gasteiger partial charge in [-0.05, 0) is 43.5 Å². The standard InChI is InChI=1S/C19H20N4OS/c1-4-9-23(10-5-1)19(13-24-22-17(19)18-20-8-11-25-18)16-12-14-6-2-3-7-15(14)21-16/h2-3,6-8,11-12,21H,1,4-5,9-10,13H2. The largest absolute Gasteiger partial charge is 0.393 e. The number of likely N-dealkylation sites (tertiary alicyclic amines) is 1. The molecule has 1 N–H and O–H groups in total. The number of rotatable bonds is 3. The second kappa shape index (κ2) is 5.97. The van der Waals surface area contributed by atoms with E-state index in [1.807, 2.05) is 11.6 Å². The molecule has 1 fully saturated rings. The normalized spacial score (nSPS) is 24.4. The Morgan fingerprint density at radius 2 is 2.04 bits per heavy atom. The Bertz CT molecular complexity index is 878. The van der Waals surface area contributed by atoms with E-state index in [0.29, 0.717) is 6.61 Å². The van der Waals surface area contributed by atoms with Crippen molar-refractivity contribution in [2.45, 2.75) is 24.8 Å². The first-order chi connectivity index (χ1) is 12.4. The van der Waals surface area contributed by atoms with Crippen LogP contribution in [0, 0.1) is 0 Å². The predicted octanol–water partition coefficient (Wildman–Crippen LogP) is 3.74. The molecule has 6 heteroatoms. The molecule has 128 valence electrons. The van der Waals surface area contributed by atoms with Crippen molar-refractivity contribution >= 4 is 28.0 Å². The minimum absolute atomic E-state index is 0.378. The molecule has 0 radical (unpaired) electrons. The molecule has 0 amide bonds. The van der Waals surface area contributed by atoms with E-state index in [1.54, 1.807) is 11.3 Å². The number of nitrogens with zero attached hydrogens (tertiary/aromatic N) is 3. The second-order valence-electron chi connectivity index (χ2n) is 6.73. The fourth-order valence-electron chi connectivity index (χ4n) is 4.08. The predicted molar refractivity (Wildman–Crippen MR) is 100 cm³/mol. The van der Waals surface area contributed by atoms with E-state index >= 15 is 0 Å². The number of benzene rings is 1. The molecule has 2 aliphatic rings. The molecule has 1 unspecified atom stereocenters. The number of oxime groups is 1. The first kappa shape index (κ1) is 15.1. The summed E-state index contributed by atoms with van der Waals surface area (Å²) < 4.78 is 0. The number of thiazole rings is 1. The van der Waals surface area contributed by atoms with Gasteiger partial charge in [0.1, 0.15) is 22.9 Å².